The predicted octanol–water partition coefficient (Wildman–Crippen LogP) is 2.11. The van der Waals surface area contributed by atoms with Gasteiger partial charge in [0.2, 0.25) is 0 Å². The summed E-state index contributed by atoms with van der Waals surface area (Å²) >= 11 is 0. The van der Waals surface area contributed by atoms with Gasteiger partial charge >= 0.3 is 0 Å². The molecule has 2 aliphatic heterocycles. The Morgan fingerprint density at radius 1 is 1.29 bits per heavy atom. The summed E-state index contributed by atoms with van der Waals surface area (Å²) in [5, 5.41) is 7.74. The van der Waals surface area contributed by atoms with Crippen LogP contribution in [0.15, 0.2) is 23.5 Å². The smallest absolute Gasteiger partial charge is 0.130 e. The molecular weight excluding hydrogens is 264 g/mol. The van der Waals surface area contributed by atoms with Gasteiger partial charge in [0.05, 0.1) is 17.1 Å². The van der Waals surface area contributed by atoms with Crippen LogP contribution in [0.2, 0.25) is 0 Å². The maximum atomic E-state index is 5.70. The van der Waals surface area contributed by atoms with E-state index >= 15 is 0 Å². The monoisotopic (exact) mass is 288 g/mol. The summed E-state index contributed by atoms with van der Waals surface area (Å²) in [4.78, 5) is 12.5. The van der Waals surface area contributed by atoms with Crippen LogP contribution in [0, 0.1) is 6.92 Å². The first-order chi connectivity index (χ1) is 10.3. The minimum Gasteiger partial charge on any atom is -0.392 e. The number of aromatic nitrogens is 1. The fourth-order valence-electron chi connectivity index (χ4n) is 2.96. The highest BCUT2D eigenvalue weighted by molar-refractivity contribution is 5.86. The van der Waals surface area contributed by atoms with Crippen molar-refractivity contribution in [1.29, 1.82) is 0 Å². The second-order valence-corrected chi connectivity index (χ2v) is 5.81. The summed E-state index contributed by atoms with van der Waals surface area (Å²) in [6, 6.07) is 4.15. The maximum absolute atomic E-state index is 5.70. The third kappa shape index (κ3) is 3.73. The Kier molecular flexibility index (Phi) is 4.70. The number of piperidine rings is 2. The van der Waals surface area contributed by atoms with Crippen LogP contribution in [-0.2, 0) is 4.84 Å². The van der Waals surface area contributed by atoms with E-state index in [9.17, 15) is 0 Å². The number of nitrogens with zero attached hydrogens (tertiary/aromatic N) is 3. The minimum atomic E-state index is 0.303. The van der Waals surface area contributed by atoms with E-state index in [4.69, 9.17) is 4.84 Å². The van der Waals surface area contributed by atoms with Gasteiger partial charge in [0.15, 0.2) is 0 Å². The number of rotatable bonds is 3. The Hall–Kier alpha value is -1.62. The van der Waals surface area contributed by atoms with E-state index in [2.05, 4.69) is 33.3 Å². The summed E-state index contributed by atoms with van der Waals surface area (Å²) in [6.07, 6.45) is 6.26. The molecule has 0 spiro atoms. The van der Waals surface area contributed by atoms with Gasteiger partial charge in [-0.05, 0) is 45.0 Å². The Morgan fingerprint density at radius 3 is 2.76 bits per heavy atom. The molecule has 3 rings (SSSR count). The van der Waals surface area contributed by atoms with E-state index in [1.807, 2.05) is 12.3 Å². The lowest BCUT2D eigenvalue weighted by Gasteiger charge is -2.30. The average molecular weight is 288 g/mol. The highest BCUT2D eigenvalue weighted by Gasteiger charge is 2.19. The van der Waals surface area contributed by atoms with Crippen molar-refractivity contribution >= 4 is 11.4 Å². The Bertz CT molecular complexity index is 487. The number of nitrogens with one attached hydrogen (secondary N) is 1. The van der Waals surface area contributed by atoms with Crippen molar-refractivity contribution in [3.05, 3.63) is 24.0 Å². The van der Waals surface area contributed by atoms with Crippen LogP contribution >= 0.6 is 0 Å². The molecule has 5 nitrogen and oxygen atoms in total. The molecule has 0 bridgehead atoms. The maximum Gasteiger partial charge on any atom is 0.130 e. The Labute approximate surface area is 126 Å². The summed E-state index contributed by atoms with van der Waals surface area (Å²) < 4.78 is 0. The lowest BCUT2D eigenvalue weighted by molar-refractivity contribution is 0.0368. The fraction of sp³-hybridized carbons (Fsp3) is 0.625. The molecule has 2 saturated heterocycles. The van der Waals surface area contributed by atoms with Crippen molar-refractivity contribution < 1.29 is 4.84 Å². The molecule has 3 heterocycles. The molecule has 1 N–H and O–H groups in total. The number of anilines is 1. The Balaban J connectivity index is 1.51. The fourth-order valence-corrected chi connectivity index (χ4v) is 2.96. The zero-order valence-corrected chi connectivity index (χ0v) is 12.7. The SMILES string of the molecule is Cc1ncccc1N1CCC(=NOC2CCNCC2)CC1. The van der Waals surface area contributed by atoms with Crippen molar-refractivity contribution in [3.8, 4) is 0 Å². The van der Waals surface area contributed by atoms with Gasteiger partial charge in [-0.3, -0.25) is 4.98 Å². The molecule has 114 valence electrons. The lowest BCUT2D eigenvalue weighted by Crippen LogP contribution is -2.35. The van der Waals surface area contributed by atoms with E-state index < -0.39 is 0 Å². The van der Waals surface area contributed by atoms with Gasteiger partial charge in [-0.2, -0.15) is 0 Å². The number of pyridine rings is 1. The van der Waals surface area contributed by atoms with Crippen LogP contribution in [0.5, 0.6) is 0 Å². The number of hydrogen-bond acceptors (Lipinski definition) is 5. The Morgan fingerprint density at radius 2 is 2.05 bits per heavy atom. The zero-order valence-electron chi connectivity index (χ0n) is 12.7. The molecule has 0 unspecified atom stereocenters. The molecule has 0 aliphatic carbocycles. The van der Waals surface area contributed by atoms with Crippen molar-refractivity contribution in [3.63, 3.8) is 0 Å². The molecule has 0 amide bonds. The second-order valence-electron chi connectivity index (χ2n) is 5.81. The minimum absolute atomic E-state index is 0.303. The van der Waals surface area contributed by atoms with Crippen LogP contribution in [0.1, 0.15) is 31.4 Å². The molecule has 2 aliphatic rings. The molecule has 0 saturated carbocycles. The standard InChI is InChI=1S/C16H24N4O/c1-13-16(3-2-8-18-13)20-11-6-14(7-12-20)19-21-15-4-9-17-10-5-15/h2-3,8,15,17H,4-7,9-12H2,1H3. The van der Waals surface area contributed by atoms with Crippen molar-refractivity contribution in [1.82, 2.24) is 10.3 Å². The molecule has 1 aromatic heterocycles. The average Bonchev–Trinajstić information content (AvgIpc) is 2.55. The molecule has 2 fully saturated rings. The van der Waals surface area contributed by atoms with Gasteiger partial charge < -0.3 is 15.1 Å². The van der Waals surface area contributed by atoms with E-state index in [1.54, 1.807) is 0 Å². The van der Waals surface area contributed by atoms with Crippen molar-refractivity contribution in [2.45, 2.75) is 38.7 Å². The third-order valence-corrected chi connectivity index (χ3v) is 4.28. The van der Waals surface area contributed by atoms with Crippen LogP contribution in [-0.4, -0.2) is 43.0 Å². The summed E-state index contributed by atoms with van der Waals surface area (Å²) in [6.45, 7) is 6.16. The quantitative estimate of drug-likeness (QED) is 0.866. The first-order valence-corrected chi connectivity index (χ1v) is 7.92. The predicted molar refractivity (Wildman–Crippen MR) is 84.8 cm³/mol. The molecule has 0 radical (unpaired) electrons. The van der Waals surface area contributed by atoms with Crippen molar-refractivity contribution in [2.75, 3.05) is 31.1 Å². The highest BCUT2D eigenvalue weighted by atomic mass is 16.6. The number of hydrogen-bond donors (Lipinski definition) is 1. The number of oxime groups is 1. The van der Waals surface area contributed by atoms with Crippen LogP contribution in [0.25, 0.3) is 0 Å². The molecule has 5 heteroatoms. The molecule has 21 heavy (non-hydrogen) atoms. The summed E-state index contributed by atoms with van der Waals surface area (Å²) in [7, 11) is 0. The summed E-state index contributed by atoms with van der Waals surface area (Å²) in [5.41, 5.74) is 3.55. The summed E-state index contributed by atoms with van der Waals surface area (Å²) in [5.74, 6) is 0. The largest absolute Gasteiger partial charge is 0.392 e. The van der Waals surface area contributed by atoms with E-state index in [0.29, 0.717) is 6.10 Å². The van der Waals surface area contributed by atoms with Crippen LogP contribution in [0.4, 0.5) is 5.69 Å². The van der Waals surface area contributed by atoms with Gasteiger partial charge in [-0.15, -0.1) is 0 Å². The molecular formula is C16H24N4O. The van der Waals surface area contributed by atoms with Crippen molar-refractivity contribution in [2.24, 2.45) is 5.16 Å². The second kappa shape index (κ2) is 6.89. The third-order valence-electron chi connectivity index (χ3n) is 4.28. The zero-order chi connectivity index (χ0) is 14.5. The van der Waals surface area contributed by atoms with Gasteiger partial charge in [-0.25, -0.2) is 0 Å². The highest BCUT2D eigenvalue weighted by Crippen LogP contribution is 2.21. The van der Waals surface area contributed by atoms with E-state index in [1.165, 1.54) is 11.4 Å². The van der Waals surface area contributed by atoms with Crippen LogP contribution in [0.3, 0.4) is 0 Å². The van der Waals surface area contributed by atoms with Gasteiger partial charge in [0.25, 0.3) is 0 Å². The molecule has 0 aromatic carbocycles. The topological polar surface area (TPSA) is 49.8 Å². The first kappa shape index (κ1) is 14.3. The lowest BCUT2D eigenvalue weighted by atomic mass is 10.1. The first-order valence-electron chi connectivity index (χ1n) is 7.92. The van der Waals surface area contributed by atoms with E-state index in [0.717, 1.165) is 57.6 Å². The normalized spacial score (nSPS) is 20.4. The molecule has 0 atom stereocenters. The molecule has 1 aromatic rings. The van der Waals surface area contributed by atoms with Crippen LogP contribution < -0.4 is 10.2 Å². The van der Waals surface area contributed by atoms with Gasteiger partial charge in [0.1, 0.15) is 6.10 Å². The van der Waals surface area contributed by atoms with Gasteiger partial charge in [0, 0.05) is 32.1 Å². The van der Waals surface area contributed by atoms with E-state index in [-0.39, 0.29) is 0 Å². The van der Waals surface area contributed by atoms with Gasteiger partial charge in [-0.1, -0.05) is 5.16 Å². The number of aryl methyl sites for hydroxylation is 1.